The second kappa shape index (κ2) is 8.92. The predicted octanol–water partition coefficient (Wildman–Crippen LogP) is 4.68. The van der Waals surface area contributed by atoms with Crippen LogP contribution in [0.4, 0.5) is 0 Å². The van der Waals surface area contributed by atoms with Crippen LogP contribution in [0.25, 0.3) is 0 Å². The number of aromatic nitrogens is 3. The maximum absolute atomic E-state index is 12.8. The summed E-state index contributed by atoms with van der Waals surface area (Å²) in [5.74, 6) is 1.47. The molecule has 29 heavy (non-hydrogen) atoms. The summed E-state index contributed by atoms with van der Waals surface area (Å²) in [5, 5.41) is 8.34. The molecule has 3 aromatic rings. The Morgan fingerprint density at radius 3 is 2.69 bits per heavy atom. The van der Waals surface area contributed by atoms with E-state index in [2.05, 4.69) is 20.4 Å². The Bertz CT molecular complexity index is 982. The van der Waals surface area contributed by atoms with E-state index in [9.17, 15) is 4.79 Å². The number of rotatable bonds is 8. The summed E-state index contributed by atoms with van der Waals surface area (Å²) in [4.78, 5) is 22.2. The standard InChI is InChI=1S/C20H23ClN4O3S/c1-5-6-15-23-19(25-28-15)20(3,4)24-18(26)17-12(2)22-16(29-17)11-27-14-9-7-13(21)8-10-14/h7-10H,5-6,11H2,1-4H3,(H,24,26). The molecule has 0 unspecified atom stereocenters. The van der Waals surface area contributed by atoms with Gasteiger partial charge < -0.3 is 14.6 Å². The molecule has 1 aromatic carbocycles. The number of hydrogen-bond donors (Lipinski definition) is 1. The Morgan fingerprint density at radius 1 is 1.28 bits per heavy atom. The molecule has 0 saturated heterocycles. The first kappa shape index (κ1) is 21.3. The van der Waals surface area contributed by atoms with Crippen LogP contribution in [0.5, 0.6) is 5.75 Å². The van der Waals surface area contributed by atoms with Gasteiger partial charge in [-0.3, -0.25) is 4.79 Å². The van der Waals surface area contributed by atoms with E-state index in [4.69, 9.17) is 20.9 Å². The fourth-order valence-electron chi connectivity index (χ4n) is 2.62. The maximum atomic E-state index is 12.8. The SMILES string of the molecule is CCCc1nc(C(C)(C)NC(=O)c2sc(COc3ccc(Cl)cc3)nc2C)no1. The lowest BCUT2D eigenvalue weighted by Crippen LogP contribution is -2.41. The van der Waals surface area contributed by atoms with Crippen LogP contribution in [-0.4, -0.2) is 21.0 Å². The number of carbonyl (C=O) groups is 1. The Morgan fingerprint density at radius 2 is 2.00 bits per heavy atom. The number of benzene rings is 1. The third-order valence-corrected chi connectivity index (χ3v) is 5.52. The molecular weight excluding hydrogens is 412 g/mol. The van der Waals surface area contributed by atoms with Gasteiger partial charge in [0.2, 0.25) is 5.89 Å². The van der Waals surface area contributed by atoms with Gasteiger partial charge in [0.05, 0.1) is 11.2 Å². The molecule has 3 rings (SSSR count). The Kier molecular flexibility index (Phi) is 6.54. The van der Waals surface area contributed by atoms with Crippen molar-refractivity contribution in [1.29, 1.82) is 0 Å². The van der Waals surface area contributed by atoms with E-state index < -0.39 is 5.54 Å². The molecule has 7 nitrogen and oxygen atoms in total. The molecule has 0 aliphatic rings. The van der Waals surface area contributed by atoms with E-state index in [1.165, 1.54) is 11.3 Å². The van der Waals surface area contributed by atoms with Crippen molar-refractivity contribution in [2.45, 2.75) is 52.7 Å². The summed E-state index contributed by atoms with van der Waals surface area (Å²) in [6, 6.07) is 7.09. The first-order valence-electron chi connectivity index (χ1n) is 9.28. The first-order valence-corrected chi connectivity index (χ1v) is 10.5. The topological polar surface area (TPSA) is 90.1 Å². The molecule has 9 heteroatoms. The second-order valence-corrected chi connectivity index (χ2v) is 8.63. The zero-order valence-corrected chi connectivity index (χ0v) is 18.4. The Labute approximate surface area is 178 Å². The highest BCUT2D eigenvalue weighted by molar-refractivity contribution is 7.13. The minimum atomic E-state index is -0.775. The average Bonchev–Trinajstić information content (AvgIpc) is 3.28. The second-order valence-electron chi connectivity index (χ2n) is 7.11. The summed E-state index contributed by atoms with van der Waals surface area (Å²) in [6.07, 6.45) is 1.62. The van der Waals surface area contributed by atoms with Crippen molar-refractivity contribution >= 4 is 28.8 Å². The molecule has 0 spiro atoms. The molecule has 1 amide bonds. The molecule has 2 heterocycles. The summed E-state index contributed by atoms with van der Waals surface area (Å²) in [6.45, 7) is 7.79. The number of halogens is 1. The van der Waals surface area contributed by atoms with E-state index in [-0.39, 0.29) is 12.5 Å². The zero-order chi connectivity index (χ0) is 21.0. The number of carbonyl (C=O) groups excluding carboxylic acids is 1. The minimum absolute atomic E-state index is 0.232. The van der Waals surface area contributed by atoms with Crippen LogP contribution in [0.1, 0.15) is 59.3 Å². The van der Waals surface area contributed by atoms with Gasteiger partial charge >= 0.3 is 0 Å². The van der Waals surface area contributed by atoms with Gasteiger partial charge in [-0.2, -0.15) is 4.98 Å². The van der Waals surface area contributed by atoms with Crippen LogP contribution in [0, 0.1) is 6.92 Å². The number of nitrogens with zero attached hydrogens (tertiary/aromatic N) is 3. The highest BCUT2D eigenvalue weighted by Gasteiger charge is 2.30. The van der Waals surface area contributed by atoms with Crippen molar-refractivity contribution < 1.29 is 14.1 Å². The maximum Gasteiger partial charge on any atom is 0.264 e. The van der Waals surface area contributed by atoms with Crippen LogP contribution in [0.15, 0.2) is 28.8 Å². The molecule has 0 aliphatic carbocycles. The molecule has 0 bridgehead atoms. The zero-order valence-electron chi connectivity index (χ0n) is 16.8. The van der Waals surface area contributed by atoms with Gasteiger partial charge in [-0.15, -0.1) is 11.3 Å². The van der Waals surface area contributed by atoms with Gasteiger partial charge in [0, 0.05) is 11.4 Å². The van der Waals surface area contributed by atoms with Crippen LogP contribution in [0.2, 0.25) is 5.02 Å². The number of amides is 1. The van der Waals surface area contributed by atoms with E-state index in [1.54, 1.807) is 31.2 Å². The van der Waals surface area contributed by atoms with Crippen molar-refractivity contribution in [2.75, 3.05) is 0 Å². The quantitative estimate of drug-likeness (QED) is 0.553. The van der Waals surface area contributed by atoms with E-state index in [1.807, 2.05) is 20.8 Å². The fourth-order valence-corrected chi connectivity index (χ4v) is 3.62. The molecule has 0 aliphatic heterocycles. The van der Waals surface area contributed by atoms with Crippen LogP contribution in [-0.2, 0) is 18.6 Å². The molecule has 1 N–H and O–H groups in total. The lowest BCUT2D eigenvalue weighted by Gasteiger charge is -2.21. The number of ether oxygens (including phenoxy) is 1. The van der Waals surface area contributed by atoms with Gasteiger partial charge in [-0.05, 0) is 51.5 Å². The number of nitrogens with one attached hydrogen (secondary N) is 1. The van der Waals surface area contributed by atoms with Gasteiger partial charge in [-0.25, -0.2) is 4.98 Å². The molecule has 154 valence electrons. The molecule has 2 aromatic heterocycles. The van der Waals surface area contributed by atoms with E-state index in [0.29, 0.717) is 44.5 Å². The third kappa shape index (κ3) is 5.33. The number of aryl methyl sites for hydroxylation is 2. The Balaban J connectivity index is 1.66. The summed E-state index contributed by atoms with van der Waals surface area (Å²) in [5.41, 5.74) is -0.124. The number of thiazole rings is 1. The molecule has 0 fully saturated rings. The third-order valence-electron chi connectivity index (χ3n) is 4.14. The smallest absolute Gasteiger partial charge is 0.264 e. The van der Waals surface area contributed by atoms with E-state index >= 15 is 0 Å². The van der Waals surface area contributed by atoms with Gasteiger partial charge in [-0.1, -0.05) is 23.7 Å². The minimum Gasteiger partial charge on any atom is -0.486 e. The van der Waals surface area contributed by atoms with Crippen molar-refractivity contribution in [3.05, 3.63) is 56.6 Å². The molecule has 0 atom stereocenters. The van der Waals surface area contributed by atoms with Crippen molar-refractivity contribution in [1.82, 2.24) is 20.4 Å². The van der Waals surface area contributed by atoms with Crippen molar-refractivity contribution in [3.63, 3.8) is 0 Å². The fraction of sp³-hybridized carbons (Fsp3) is 0.400. The van der Waals surface area contributed by atoms with Crippen LogP contribution >= 0.6 is 22.9 Å². The van der Waals surface area contributed by atoms with Gasteiger partial charge in [0.25, 0.3) is 5.91 Å². The summed E-state index contributed by atoms with van der Waals surface area (Å²) >= 11 is 7.18. The van der Waals surface area contributed by atoms with Gasteiger partial charge in [0.1, 0.15) is 22.2 Å². The van der Waals surface area contributed by atoms with Crippen LogP contribution in [0.3, 0.4) is 0 Å². The molecule has 0 saturated carbocycles. The first-order chi connectivity index (χ1) is 13.8. The van der Waals surface area contributed by atoms with E-state index in [0.717, 1.165) is 6.42 Å². The average molecular weight is 435 g/mol. The van der Waals surface area contributed by atoms with Crippen molar-refractivity contribution in [3.8, 4) is 5.75 Å². The summed E-state index contributed by atoms with van der Waals surface area (Å²) in [7, 11) is 0. The van der Waals surface area contributed by atoms with Crippen molar-refractivity contribution in [2.24, 2.45) is 0 Å². The largest absolute Gasteiger partial charge is 0.486 e. The lowest BCUT2D eigenvalue weighted by atomic mass is 10.0. The number of hydrogen-bond acceptors (Lipinski definition) is 7. The van der Waals surface area contributed by atoms with Crippen LogP contribution < -0.4 is 10.1 Å². The molecular formula is C20H23ClN4O3S. The highest BCUT2D eigenvalue weighted by atomic mass is 35.5. The van der Waals surface area contributed by atoms with Gasteiger partial charge in [0.15, 0.2) is 5.82 Å². The monoisotopic (exact) mass is 434 g/mol. The normalized spacial score (nSPS) is 11.5. The lowest BCUT2D eigenvalue weighted by molar-refractivity contribution is 0.0911. The summed E-state index contributed by atoms with van der Waals surface area (Å²) < 4.78 is 11.0. The molecule has 0 radical (unpaired) electrons. The Hall–Kier alpha value is -2.45. The highest BCUT2D eigenvalue weighted by Crippen LogP contribution is 2.24. The predicted molar refractivity (Wildman–Crippen MR) is 111 cm³/mol.